The number of rotatable bonds is 2. The molecule has 0 radical (unpaired) electrons. The summed E-state index contributed by atoms with van der Waals surface area (Å²) in [6, 6.07) is -0.518. The Labute approximate surface area is 155 Å². The van der Waals surface area contributed by atoms with E-state index in [0.717, 1.165) is 0 Å². The van der Waals surface area contributed by atoms with Crippen LogP contribution >= 0.6 is 0 Å². The highest BCUT2D eigenvalue weighted by molar-refractivity contribution is 6.63. The molecule has 0 aromatic heterocycles. The lowest BCUT2D eigenvalue weighted by Crippen LogP contribution is -2.66. The first kappa shape index (κ1) is 19.6. The molecule has 0 aromatic carbocycles. The first-order valence-electron chi connectivity index (χ1n) is 8.94. The molecule has 2 saturated heterocycles. The minimum absolute atomic E-state index is 0.206. The number of amides is 3. The van der Waals surface area contributed by atoms with E-state index in [2.05, 4.69) is 0 Å². The van der Waals surface area contributed by atoms with E-state index in [0.29, 0.717) is 0 Å². The van der Waals surface area contributed by atoms with Crippen molar-refractivity contribution in [2.75, 3.05) is 0 Å². The van der Waals surface area contributed by atoms with Crippen LogP contribution in [0.3, 0.4) is 0 Å². The van der Waals surface area contributed by atoms with Crippen LogP contribution in [0.4, 0.5) is 4.79 Å². The predicted octanol–water partition coefficient (Wildman–Crippen LogP) is -0.812. The minimum Gasteiger partial charge on any atom is -0.390 e. The van der Waals surface area contributed by atoms with E-state index in [1.807, 2.05) is 20.8 Å². The molecule has 4 heterocycles. The summed E-state index contributed by atoms with van der Waals surface area (Å²) in [7, 11) is -0.959. The van der Waals surface area contributed by atoms with Gasteiger partial charge in [0.1, 0.15) is 17.2 Å². The number of hydrogen-bond acceptors (Lipinski definition) is 6. The molecule has 26 heavy (non-hydrogen) atoms. The Morgan fingerprint density at radius 1 is 1.27 bits per heavy atom. The minimum atomic E-state index is -1.78. The van der Waals surface area contributed by atoms with E-state index in [1.54, 1.807) is 20.8 Å². The van der Waals surface area contributed by atoms with Gasteiger partial charge in [0.2, 0.25) is 6.23 Å². The van der Waals surface area contributed by atoms with Crippen LogP contribution < -0.4 is 0 Å². The summed E-state index contributed by atoms with van der Waals surface area (Å²) in [6.07, 6.45) is -3.23. The van der Waals surface area contributed by atoms with E-state index in [-0.39, 0.29) is 11.4 Å². The zero-order chi connectivity index (χ0) is 19.8. The van der Waals surface area contributed by atoms with Crippen molar-refractivity contribution < 1.29 is 34.2 Å². The highest BCUT2D eigenvalue weighted by atomic mass is 28.2. The summed E-state index contributed by atoms with van der Waals surface area (Å²) < 4.78 is 8.35. The van der Waals surface area contributed by atoms with Crippen LogP contribution in [0.5, 0.6) is 0 Å². The molecule has 3 amide bonds. The smallest absolute Gasteiger partial charge is 0.390 e. The van der Waals surface area contributed by atoms with Gasteiger partial charge in [-0.15, -0.1) is 0 Å². The second kappa shape index (κ2) is 5.68. The van der Waals surface area contributed by atoms with Crippen LogP contribution in [0.2, 0.25) is 5.54 Å². The number of aliphatic hydroxyl groups excluding tert-OH is 2. The maximum absolute atomic E-state index is 12.5. The van der Waals surface area contributed by atoms with Gasteiger partial charge >= 0.3 is 11.9 Å². The molecule has 6 atom stereocenters. The molecule has 9 heteroatoms. The molecule has 0 saturated carbocycles. The molecule has 3 N–H and O–H groups in total. The molecule has 8 nitrogen and oxygen atoms in total. The van der Waals surface area contributed by atoms with Crippen molar-refractivity contribution in [3.8, 4) is 0 Å². The summed E-state index contributed by atoms with van der Waals surface area (Å²) in [4.78, 5) is 24.3. The summed E-state index contributed by atoms with van der Waals surface area (Å²) >= 11 is 0. The predicted molar refractivity (Wildman–Crippen MR) is 95.4 cm³/mol. The average Bonchev–Trinajstić information content (AvgIpc) is 2.78. The van der Waals surface area contributed by atoms with Crippen molar-refractivity contribution in [2.45, 2.75) is 77.2 Å². The number of aliphatic hydroxyl groups is 3. The van der Waals surface area contributed by atoms with Crippen molar-refractivity contribution in [1.29, 1.82) is 0 Å². The van der Waals surface area contributed by atoms with Gasteiger partial charge in [-0.25, -0.2) is 9.36 Å². The topological polar surface area (TPSA) is 110 Å². The third kappa shape index (κ3) is 2.52. The molecule has 0 spiro atoms. The molecular formula is C17H29N2O6Si+. The van der Waals surface area contributed by atoms with Crippen molar-refractivity contribution >= 4 is 27.8 Å². The Kier molecular flexibility index (Phi) is 4.29. The fraction of sp³-hybridized carbons (Fsp3) is 0.824. The summed E-state index contributed by atoms with van der Waals surface area (Å²) in [5.41, 5.74) is -3.50. The normalized spacial score (nSPS) is 39.9. The molecule has 2 fully saturated rings. The fourth-order valence-corrected chi connectivity index (χ4v) is 5.37. The molecular weight excluding hydrogens is 356 g/mol. The number of nitrogens with zero attached hydrogens (tertiary/aromatic N) is 2. The Hall–Kier alpha value is -1.13. The van der Waals surface area contributed by atoms with Gasteiger partial charge in [-0.05, 0) is 10.8 Å². The average molecular weight is 386 g/mol. The number of hydrogen-bond donors (Lipinski definition) is 3. The summed E-state index contributed by atoms with van der Waals surface area (Å²) in [6.45, 7) is 10.7. The zero-order valence-electron chi connectivity index (χ0n) is 16.1. The van der Waals surface area contributed by atoms with E-state index in [1.165, 1.54) is 15.4 Å². The third-order valence-corrected chi connectivity index (χ3v) is 7.75. The lowest BCUT2D eigenvalue weighted by Gasteiger charge is -2.45. The molecule has 0 aliphatic carbocycles. The largest absolute Gasteiger partial charge is 0.487 e. The van der Waals surface area contributed by atoms with Gasteiger partial charge in [0.15, 0.2) is 6.10 Å². The summed E-state index contributed by atoms with van der Waals surface area (Å²) in [5, 5.41) is 33.2. The van der Waals surface area contributed by atoms with Crippen molar-refractivity contribution in [3.05, 3.63) is 0 Å². The molecule has 4 aliphatic rings. The number of fused-ring (bicyclic) bond motifs is 1. The van der Waals surface area contributed by atoms with E-state index < -0.39 is 56.7 Å². The van der Waals surface area contributed by atoms with Crippen LogP contribution in [0.25, 0.3) is 0 Å². The molecule has 3 unspecified atom stereocenters. The van der Waals surface area contributed by atoms with Crippen LogP contribution in [0.1, 0.15) is 41.5 Å². The van der Waals surface area contributed by atoms with Gasteiger partial charge in [0.05, 0.1) is 12.3 Å². The van der Waals surface area contributed by atoms with Gasteiger partial charge < -0.3 is 20.1 Å². The zero-order valence-corrected chi connectivity index (χ0v) is 17.5. The SMILES string of the molecule is CC(C)(C)C(O)[C@H]1OC([N+]2=CC3[SiH2]N(C3=O)C2=O)[C@@H](O)[C@@]1(O)C(C)(C)C. The Balaban J connectivity index is 2.02. The van der Waals surface area contributed by atoms with Gasteiger partial charge in [-0.2, -0.15) is 9.37 Å². The summed E-state index contributed by atoms with van der Waals surface area (Å²) in [5.74, 6) is -0.206. The Morgan fingerprint density at radius 3 is 2.27 bits per heavy atom. The second-order valence-electron chi connectivity index (χ2n) is 9.67. The third-order valence-electron chi connectivity index (χ3n) is 5.85. The molecule has 2 bridgehead atoms. The number of imide groups is 1. The first-order chi connectivity index (χ1) is 11.7. The number of carbonyl (C=O) groups excluding carboxylic acids is 2. The highest BCUT2D eigenvalue weighted by Crippen LogP contribution is 2.48. The molecule has 4 aliphatic heterocycles. The maximum Gasteiger partial charge on any atom is 0.487 e. The van der Waals surface area contributed by atoms with Crippen LogP contribution in [0, 0.1) is 10.8 Å². The van der Waals surface area contributed by atoms with Gasteiger partial charge in [-0.3, -0.25) is 0 Å². The maximum atomic E-state index is 12.5. The standard InChI is InChI=1S/C17H29N2O6Si/c1-15(2,3)9(20)11-17(24,16(4,5)6)10(21)13(25-11)18-7-8-12(22)19(26-8)14(18)23/h7-11,13,20-21,24H,26H2,1-6H3/q+1/t8?,9?,10-,11-,13?,17+/m1/s1. The Bertz CT molecular complexity index is 682. The highest BCUT2D eigenvalue weighted by Gasteiger charge is 2.68. The van der Waals surface area contributed by atoms with Gasteiger partial charge in [-0.1, -0.05) is 41.5 Å². The van der Waals surface area contributed by atoms with E-state index in [4.69, 9.17) is 4.74 Å². The number of carbonyl (C=O) groups is 2. The fourth-order valence-electron chi connectivity index (χ4n) is 3.90. The van der Waals surface area contributed by atoms with Crippen molar-refractivity contribution in [3.63, 3.8) is 0 Å². The van der Waals surface area contributed by atoms with Crippen LogP contribution in [-0.4, -0.2) is 82.4 Å². The number of urea groups is 1. The monoisotopic (exact) mass is 385 g/mol. The lowest BCUT2D eigenvalue weighted by atomic mass is 9.66. The van der Waals surface area contributed by atoms with E-state index in [9.17, 15) is 24.9 Å². The van der Waals surface area contributed by atoms with Crippen molar-refractivity contribution in [1.82, 2.24) is 4.57 Å². The van der Waals surface area contributed by atoms with E-state index >= 15 is 0 Å². The second-order valence-corrected chi connectivity index (χ2v) is 11.5. The van der Waals surface area contributed by atoms with Crippen LogP contribution in [-0.2, 0) is 9.53 Å². The quantitative estimate of drug-likeness (QED) is 0.424. The molecule has 146 valence electrons. The van der Waals surface area contributed by atoms with Gasteiger partial charge in [0, 0.05) is 0 Å². The first-order valence-corrected chi connectivity index (χ1v) is 10.4. The van der Waals surface area contributed by atoms with Crippen LogP contribution in [0.15, 0.2) is 0 Å². The number of ether oxygens (including phenoxy) is 1. The van der Waals surface area contributed by atoms with Crippen molar-refractivity contribution in [2.24, 2.45) is 10.8 Å². The van der Waals surface area contributed by atoms with Gasteiger partial charge in [0.25, 0.3) is 9.68 Å². The Morgan fingerprint density at radius 2 is 1.85 bits per heavy atom. The molecule has 0 aromatic rings. The lowest BCUT2D eigenvalue weighted by molar-refractivity contribution is -0.542. The molecule has 4 rings (SSSR count).